The zero-order valence-corrected chi connectivity index (χ0v) is 11.0. The molecule has 0 aliphatic carbocycles. The first-order valence-corrected chi connectivity index (χ1v) is 6.18. The number of hydrogen-bond donors (Lipinski definition) is 2. The molecule has 0 radical (unpaired) electrons. The van der Waals surface area contributed by atoms with Gasteiger partial charge in [0.1, 0.15) is 5.75 Å². The fraction of sp³-hybridized carbons (Fsp3) is 0.500. The van der Waals surface area contributed by atoms with E-state index in [4.69, 9.17) is 15.6 Å². The van der Waals surface area contributed by atoms with Gasteiger partial charge in [0.15, 0.2) is 0 Å². The predicted octanol–water partition coefficient (Wildman–Crippen LogP) is 2.62. The summed E-state index contributed by atoms with van der Waals surface area (Å²) in [6.07, 6.45) is 2.64. The number of benzene rings is 1. The van der Waals surface area contributed by atoms with Crippen molar-refractivity contribution < 1.29 is 9.84 Å². The van der Waals surface area contributed by atoms with E-state index in [1.54, 1.807) is 7.11 Å². The molecule has 0 aromatic heterocycles. The van der Waals surface area contributed by atoms with Crippen molar-refractivity contribution in [3.8, 4) is 5.75 Å². The number of aliphatic hydroxyl groups excluding tert-OH is 1. The van der Waals surface area contributed by atoms with E-state index in [1.165, 1.54) is 0 Å². The SMILES string of the molecule is COc1ccc(C(N)CCCCO)cc1Br. The Balaban J connectivity index is 2.62. The van der Waals surface area contributed by atoms with Gasteiger partial charge in [0.05, 0.1) is 11.6 Å². The Morgan fingerprint density at radius 3 is 2.75 bits per heavy atom. The molecule has 0 fully saturated rings. The number of methoxy groups -OCH3 is 1. The second kappa shape index (κ2) is 6.89. The number of halogens is 1. The summed E-state index contributed by atoms with van der Waals surface area (Å²) in [4.78, 5) is 0. The van der Waals surface area contributed by atoms with Crippen molar-refractivity contribution in [3.05, 3.63) is 28.2 Å². The lowest BCUT2D eigenvalue weighted by molar-refractivity contribution is 0.281. The van der Waals surface area contributed by atoms with Crippen LogP contribution in [0.1, 0.15) is 30.9 Å². The molecular formula is C12H18BrNO2. The van der Waals surface area contributed by atoms with E-state index >= 15 is 0 Å². The third-order valence-corrected chi connectivity index (χ3v) is 3.15. The lowest BCUT2D eigenvalue weighted by Crippen LogP contribution is -2.10. The summed E-state index contributed by atoms with van der Waals surface area (Å²) in [6, 6.07) is 5.90. The van der Waals surface area contributed by atoms with Crippen LogP contribution < -0.4 is 10.5 Å². The number of hydrogen-bond acceptors (Lipinski definition) is 3. The zero-order valence-electron chi connectivity index (χ0n) is 9.45. The van der Waals surface area contributed by atoms with Gasteiger partial charge >= 0.3 is 0 Å². The smallest absolute Gasteiger partial charge is 0.133 e. The van der Waals surface area contributed by atoms with Crippen LogP contribution in [0.3, 0.4) is 0 Å². The second-order valence-corrected chi connectivity index (χ2v) is 4.57. The number of aliphatic hydroxyl groups is 1. The van der Waals surface area contributed by atoms with Crippen molar-refractivity contribution in [1.29, 1.82) is 0 Å². The van der Waals surface area contributed by atoms with Gasteiger partial charge in [-0.15, -0.1) is 0 Å². The number of unbranched alkanes of at least 4 members (excludes halogenated alkanes) is 1. The van der Waals surface area contributed by atoms with Crippen molar-refractivity contribution in [2.24, 2.45) is 5.73 Å². The van der Waals surface area contributed by atoms with Crippen LogP contribution in [0.25, 0.3) is 0 Å². The summed E-state index contributed by atoms with van der Waals surface area (Å²) in [5, 5.41) is 8.70. The van der Waals surface area contributed by atoms with E-state index in [-0.39, 0.29) is 12.6 Å². The molecule has 90 valence electrons. The van der Waals surface area contributed by atoms with Gasteiger partial charge in [-0.05, 0) is 52.9 Å². The fourth-order valence-electron chi connectivity index (χ4n) is 1.56. The molecule has 1 aromatic rings. The van der Waals surface area contributed by atoms with Crippen LogP contribution >= 0.6 is 15.9 Å². The summed E-state index contributed by atoms with van der Waals surface area (Å²) in [6.45, 7) is 0.235. The molecule has 16 heavy (non-hydrogen) atoms. The van der Waals surface area contributed by atoms with Crippen LogP contribution in [-0.4, -0.2) is 18.8 Å². The normalized spacial score (nSPS) is 12.5. The summed E-state index contributed by atoms with van der Waals surface area (Å²) in [7, 11) is 1.64. The van der Waals surface area contributed by atoms with Crippen LogP contribution in [0.4, 0.5) is 0 Å². The van der Waals surface area contributed by atoms with Crippen LogP contribution in [0.15, 0.2) is 22.7 Å². The van der Waals surface area contributed by atoms with E-state index in [2.05, 4.69) is 15.9 Å². The van der Waals surface area contributed by atoms with Gasteiger partial charge in [0.2, 0.25) is 0 Å². The van der Waals surface area contributed by atoms with Crippen molar-refractivity contribution >= 4 is 15.9 Å². The van der Waals surface area contributed by atoms with Crippen molar-refractivity contribution in [1.82, 2.24) is 0 Å². The highest BCUT2D eigenvalue weighted by Crippen LogP contribution is 2.28. The lowest BCUT2D eigenvalue weighted by atomic mass is 10.0. The molecule has 3 nitrogen and oxygen atoms in total. The quantitative estimate of drug-likeness (QED) is 0.791. The predicted molar refractivity (Wildman–Crippen MR) is 68.6 cm³/mol. The minimum absolute atomic E-state index is 0.0220. The highest BCUT2D eigenvalue weighted by molar-refractivity contribution is 9.10. The van der Waals surface area contributed by atoms with Crippen LogP contribution in [0.5, 0.6) is 5.75 Å². The Bertz CT molecular complexity index is 331. The van der Waals surface area contributed by atoms with E-state index in [9.17, 15) is 0 Å². The molecule has 0 saturated heterocycles. The first-order valence-electron chi connectivity index (χ1n) is 5.39. The zero-order chi connectivity index (χ0) is 12.0. The van der Waals surface area contributed by atoms with Gasteiger partial charge < -0.3 is 15.6 Å². The Hall–Kier alpha value is -0.580. The molecule has 1 aromatic carbocycles. The number of rotatable bonds is 6. The molecule has 0 heterocycles. The molecule has 1 atom stereocenters. The average molecular weight is 288 g/mol. The van der Waals surface area contributed by atoms with Crippen LogP contribution in [0, 0.1) is 0 Å². The van der Waals surface area contributed by atoms with Gasteiger partial charge in [0.25, 0.3) is 0 Å². The van der Waals surface area contributed by atoms with Gasteiger partial charge in [-0.2, -0.15) is 0 Å². The Kier molecular flexibility index (Phi) is 5.80. The topological polar surface area (TPSA) is 55.5 Å². The monoisotopic (exact) mass is 287 g/mol. The van der Waals surface area contributed by atoms with E-state index in [1.807, 2.05) is 18.2 Å². The number of ether oxygens (including phenoxy) is 1. The average Bonchev–Trinajstić information content (AvgIpc) is 2.29. The van der Waals surface area contributed by atoms with E-state index in [0.717, 1.165) is 35.0 Å². The first-order chi connectivity index (χ1) is 7.69. The molecule has 1 unspecified atom stereocenters. The lowest BCUT2D eigenvalue weighted by Gasteiger charge is -2.13. The molecule has 0 aliphatic heterocycles. The minimum Gasteiger partial charge on any atom is -0.496 e. The maximum atomic E-state index is 8.70. The highest BCUT2D eigenvalue weighted by atomic mass is 79.9. The molecule has 0 aliphatic rings. The largest absolute Gasteiger partial charge is 0.496 e. The molecule has 0 saturated carbocycles. The van der Waals surface area contributed by atoms with Gasteiger partial charge in [0, 0.05) is 12.6 Å². The van der Waals surface area contributed by atoms with Gasteiger partial charge in [-0.25, -0.2) is 0 Å². The molecule has 0 bridgehead atoms. The summed E-state index contributed by atoms with van der Waals surface area (Å²) in [5.41, 5.74) is 7.14. The third kappa shape index (κ3) is 3.77. The molecule has 0 amide bonds. The standard InChI is InChI=1S/C12H18BrNO2/c1-16-12-6-5-9(8-10(12)13)11(14)4-2-3-7-15/h5-6,8,11,15H,2-4,7,14H2,1H3. The minimum atomic E-state index is 0.0220. The van der Waals surface area contributed by atoms with Crippen molar-refractivity contribution in [2.45, 2.75) is 25.3 Å². The van der Waals surface area contributed by atoms with E-state index < -0.39 is 0 Å². The summed E-state index contributed by atoms with van der Waals surface area (Å²) >= 11 is 3.44. The molecule has 3 N–H and O–H groups in total. The van der Waals surface area contributed by atoms with Gasteiger partial charge in [-0.3, -0.25) is 0 Å². The first kappa shape index (κ1) is 13.5. The van der Waals surface area contributed by atoms with Crippen molar-refractivity contribution in [3.63, 3.8) is 0 Å². The second-order valence-electron chi connectivity index (χ2n) is 3.72. The maximum Gasteiger partial charge on any atom is 0.133 e. The summed E-state index contributed by atoms with van der Waals surface area (Å²) in [5.74, 6) is 0.811. The molecule has 1 rings (SSSR count). The van der Waals surface area contributed by atoms with E-state index in [0.29, 0.717) is 0 Å². The van der Waals surface area contributed by atoms with Crippen LogP contribution in [-0.2, 0) is 0 Å². The third-order valence-electron chi connectivity index (χ3n) is 2.53. The maximum absolute atomic E-state index is 8.70. The summed E-state index contributed by atoms with van der Waals surface area (Å²) < 4.78 is 6.08. The molecule has 4 heteroatoms. The molecular weight excluding hydrogens is 270 g/mol. The van der Waals surface area contributed by atoms with Gasteiger partial charge in [-0.1, -0.05) is 6.07 Å². The Morgan fingerprint density at radius 2 is 2.19 bits per heavy atom. The Morgan fingerprint density at radius 1 is 1.44 bits per heavy atom. The van der Waals surface area contributed by atoms with Crippen LogP contribution in [0.2, 0.25) is 0 Å². The van der Waals surface area contributed by atoms with Crippen molar-refractivity contribution in [2.75, 3.05) is 13.7 Å². The fourth-order valence-corrected chi connectivity index (χ4v) is 2.11. The number of nitrogens with two attached hydrogens (primary N) is 1. The highest BCUT2D eigenvalue weighted by Gasteiger charge is 2.08. The Labute approximate surface area is 105 Å². The molecule has 0 spiro atoms.